The Morgan fingerprint density at radius 3 is 1.97 bits per heavy atom. The number of aromatic amines is 1. The van der Waals surface area contributed by atoms with Crippen molar-refractivity contribution in [2.24, 2.45) is 0 Å². The molecule has 2 aromatic heterocycles. The zero-order valence-corrected chi connectivity index (χ0v) is 16.3. The van der Waals surface area contributed by atoms with E-state index in [2.05, 4.69) is 22.1 Å². The summed E-state index contributed by atoms with van der Waals surface area (Å²) in [7, 11) is 0. The van der Waals surface area contributed by atoms with Gasteiger partial charge < -0.3 is 4.98 Å². The molecule has 0 saturated heterocycles. The van der Waals surface area contributed by atoms with E-state index in [4.69, 9.17) is 0 Å². The Bertz CT molecular complexity index is 1240. The zero-order valence-electron chi connectivity index (χ0n) is 16.3. The summed E-state index contributed by atoms with van der Waals surface area (Å²) in [5.74, 6) is 0.0532. The second-order valence-corrected chi connectivity index (χ2v) is 7.77. The van der Waals surface area contributed by atoms with Crippen LogP contribution < -0.4 is 5.56 Å². The molecule has 1 aliphatic carbocycles. The fourth-order valence-electron chi connectivity index (χ4n) is 4.73. The van der Waals surface area contributed by atoms with Gasteiger partial charge in [-0.3, -0.25) is 14.6 Å². The summed E-state index contributed by atoms with van der Waals surface area (Å²) >= 11 is 0. The number of aromatic nitrogens is 2. The number of carbonyl (C=O) groups excluding carboxylic acids is 1. The molecule has 0 fully saturated rings. The molecule has 0 aliphatic heterocycles. The normalized spacial score (nSPS) is 14.1. The molecule has 0 bridgehead atoms. The second-order valence-electron chi connectivity index (χ2n) is 7.77. The molecule has 30 heavy (non-hydrogen) atoms. The molecular weight excluding hydrogens is 372 g/mol. The molecule has 0 radical (unpaired) electrons. The van der Waals surface area contributed by atoms with Crippen molar-refractivity contribution >= 4 is 5.78 Å². The highest BCUT2D eigenvalue weighted by Gasteiger charge is 2.43. The van der Waals surface area contributed by atoms with E-state index in [1.54, 1.807) is 24.7 Å². The molecular formula is C26H20N2O2. The predicted octanol–water partition coefficient (Wildman–Crippen LogP) is 4.09. The largest absolute Gasteiger partial charge is 0.329 e. The van der Waals surface area contributed by atoms with E-state index < -0.39 is 5.41 Å². The molecule has 1 N–H and O–H groups in total. The Kier molecular flexibility index (Phi) is 4.40. The van der Waals surface area contributed by atoms with E-state index in [0.29, 0.717) is 12.8 Å². The molecule has 4 aromatic rings. The number of rotatable bonds is 4. The molecule has 1 aliphatic rings. The Morgan fingerprint density at radius 1 is 0.733 bits per heavy atom. The Hall–Kier alpha value is -3.79. The van der Waals surface area contributed by atoms with Crippen LogP contribution in [0.3, 0.4) is 0 Å². The number of pyridine rings is 2. The molecule has 146 valence electrons. The van der Waals surface area contributed by atoms with Gasteiger partial charge in [0.25, 0.3) is 0 Å². The molecule has 0 saturated carbocycles. The van der Waals surface area contributed by atoms with Gasteiger partial charge >= 0.3 is 0 Å². The highest BCUT2D eigenvalue weighted by molar-refractivity contribution is 6.13. The van der Waals surface area contributed by atoms with Gasteiger partial charge in [-0.1, -0.05) is 48.5 Å². The average molecular weight is 392 g/mol. The highest BCUT2D eigenvalue weighted by atomic mass is 16.1. The smallest absolute Gasteiger partial charge is 0.248 e. The summed E-state index contributed by atoms with van der Waals surface area (Å²) in [4.78, 5) is 32.2. The Morgan fingerprint density at radius 2 is 1.33 bits per heavy atom. The fourth-order valence-corrected chi connectivity index (χ4v) is 4.73. The molecule has 0 atom stereocenters. The molecule has 0 amide bonds. The maximum atomic E-state index is 13.3. The fraction of sp³-hybridized carbons (Fsp3) is 0.115. The van der Waals surface area contributed by atoms with Crippen LogP contribution in [0.2, 0.25) is 0 Å². The van der Waals surface area contributed by atoms with Crippen molar-refractivity contribution in [3.05, 3.63) is 135 Å². The maximum Gasteiger partial charge on any atom is 0.248 e. The number of ketones is 1. The van der Waals surface area contributed by atoms with Crippen LogP contribution in [0.1, 0.15) is 38.2 Å². The van der Waals surface area contributed by atoms with E-state index in [-0.39, 0.29) is 11.3 Å². The number of carbonyl (C=O) groups is 1. The number of H-pyrrole nitrogens is 1. The van der Waals surface area contributed by atoms with Crippen LogP contribution in [0.5, 0.6) is 0 Å². The van der Waals surface area contributed by atoms with Crippen molar-refractivity contribution in [1.29, 1.82) is 0 Å². The lowest BCUT2D eigenvalue weighted by atomic mass is 9.61. The SMILES string of the molecule is O=C1c2ccccc2C(Cc2ccncc2)(Cc2cc[nH]c(=O)c2)c2ccccc21. The lowest BCUT2D eigenvalue weighted by Crippen LogP contribution is -2.40. The van der Waals surface area contributed by atoms with E-state index in [1.165, 1.54) is 0 Å². The number of benzene rings is 2. The number of hydrogen-bond acceptors (Lipinski definition) is 3. The van der Waals surface area contributed by atoms with Gasteiger partial charge in [0, 0.05) is 41.2 Å². The first-order valence-corrected chi connectivity index (χ1v) is 9.98. The summed E-state index contributed by atoms with van der Waals surface area (Å²) in [5.41, 5.74) is 4.94. The maximum absolute atomic E-state index is 13.3. The van der Waals surface area contributed by atoms with Crippen LogP contribution in [0.4, 0.5) is 0 Å². The first kappa shape index (κ1) is 18.3. The number of fused-ring (bicyclic) bond motifs is 2. The molecule has 4 nitrogen and oxygen atoms in total. The molecule has 2 heterocycles. The summed E-state index contributed by atoms with van der Waals surface area (Å²) < 4.78 is 0. The monoisotopic (exact) mass is 392 g/mol. The standard InChI is InChI=1S/C26H20N2O2/c29-24-15-19(11-14-28-24)17-26(16-18-9-12-27-13-10-18)22-7-3-1-5-20(22)25(30)21-6-2-4-8-23(21)26/h1-15H,16-17H2,(H,28,29). The third-order valence-corrected chi connectivity index (χ3v) is 5.98. The van der Waals surface area contributed by atoms with Crippen molar-refractivity contribution in [2.75, 3.05) is 0 Å². The van der Waals surface area contributed by atoms with Crippen molar-refractivity contribution in [2.45, 2.75) is 18.3 Å². The minimum atomic E-state index is -0.476. The molecule has 4 heteroatoms. The minimum absolute atomic E-state index is 0.0532. The van der Waals surface area contributed by atoms with Crippen LogP contribution in [0.15, 0.2) is 96.2 Å². The molecule has 0 unspecified atom stereocenters. The van der Waals surface area contributed by atoms with Crippen molar-refractivity contribution in [3.8, 4) is 0 Å². The first-order chi connectivity index (χ1) is 14.7. The Balaban J connectivity index is 1.80. The van der Waals surface area contributed by atoms with E-state index in [0.717, 1.165) is 33.4 Å². The number of nitrogens with zero attached hydrogens (tertiary/aromatic N) is 1. The van der Waals surface area contributed by atoms with E-state index >= 15 is 0 Å². The van der Waals surface area contributed by atoms with Crippen molar-refractivity contribution in [3.63, 3.8) is 0 Å². The van der Waals surface area contributed by atoms with Gasteiger partial charge in [0.15, 0.2) is 5.78 Å². The number of hydrogen-bond donors (Lipinski definition) is 1. The summed E-state index contributed by atoms with van der Waals surface area (Å²) in [5, 5.41) is 0. The van der Waals surface area contributed by atoms with E-state index in [1.807, 2.05) is 54.6 Å². The first-order valence-electron chi connectivity index (χ1n) is 9.98. The van der Waals surface area contributed by atoms with Gasteiger partial charge in [0.05, 0.1) is 0 Å². The van der Waals surface area contributed by atoms with Crippen LogP contribution in [-0.2, 0) is 18.3 Å². The summed E-state index contributed by atoms with van der Waals surface area (Å²) in [6.45, 7) is 0. The quantitative estimate of drug-likeness (QED) is 0.569. The zero-order chi connectivity index (χ0) is 20.6. The highest BCUT2D eigenvalue weighted by Crippen LogP contribution is 2.46. The van der Waals surface area contributed by atoms with Gasteiger partial charge in [-0.2, -0.15) is 0 Å². The van der Waals surface area contributed by atoms with Crippen LogP contribution in [0, 0.1) is 0 Å². The van der Waals surface area contributed by atoms with Gasteiger partial charge in [-0.05, 0) is 53.3 Å². The molecule has 5 rings (SSSR count). The lowest BCUT2D eigenvalue weighted by Gasteiger charge is -2.41. The van der Waals surface area contributed by atoms with Gasteiger partial charge in [-0.15, -0.1) is 0 Å². The van der Waals surface area contributed by atoms with Gasteiger partial charge in [0.2, 0.25) is 5.56 Å². The average Bonchev–Trinajstić information content (AvgIpc) is 2.78. The minimum Gasteiger partial charge on any atom is -0.329 e. The second kappa shape index (κ2) is 7.23. The van der Waals surface area contributed by atoms with Gasteiger partial charge in [0.1, 0.15) is 0 Å². The third kappa shape index (κ3) is 2.98. The van der Waals surface area contributed by atoms with Crippen LogP contribution in [-0.4, -0.2) is 15.8 Å². The van der Waals surface area contributed by atoms with Crippen LogP contribution in [0.25, 0.3) is 0 Å². The van der Waals surface area contributed by atoms with E-state index in [9.17, 15) is 9.59 Å². The van der Waals surface area contributed by atoms with Crippen LogP contribution >= 0.6 is 0 Å². The van der Waals surface area contributed by atoms with Crippen molar-refractivity contribution < 1.29 is 4.79 Å². The molecule has 0 spiro atoms. The molecule has 2 aromatic carbocycles. The van der Waals surface area contributed by atoms with Crippen molar-refractivity contribution in [1.82, 2.24) is 9.97 Å². The summed E-state index contributed by atoms with van der Waals surface area (Å²) in [6.07, 6.45) is 6.58. The Labute approximate surface area is 174 Å². The number of nitrogens with one attached hydrogen (secondary N) is 1. The third-order valence-electron chi connectivity index (χ3n) is 5.98. The van der Waals surface area contributed by atoms with Gasteiger partial charge in [-0.25, -0.2) is 0 Å². The topological polar surface area (TPSA) is 62.8 Å². The lowest BCUT2D eigenvalue weighted by molar-refractivity contribution is 0.102. The summed E-state index contributed by atoms with van der Waals surface area (Å²) in [6, 6.07) is 23.3. The predicted molar refractivity (Wildman–Crippen MR) is 116 cm³/mol.